The van der Waals surface area contributed by atoms with Crippen LogP contribution in [-0.4, -0.2) is 74.7 Å². The second-order valence-electron chi connectivity index (χ2n) is 7.32. The summed E-state index contributed by atoms with van der Waals surface area (Å²) in [5, 5.41) is 0. The minimum atomic E-state index is -3.96. The van der Waals surface area contributed by atoms with Gasteiger partial charge in [-0.1, -0.05) is 12.1 Å². The quantitative estimate of drug-likeness (QED) is 0.573. The molecule has 3 rings (SSSR count). The van der Waals surface area contributed by atoms with E-state index in [0.717, 1.165) is 4.90 Å². The lowest BCUT2D eigenvalue weighted by Crippen LogP contribution is -2.41. The van der Waals surface area contributed by atoms with Crippen LogP contribution in [0.1, 0.15) is 36.0 Å². The molecule has 0 aliphatic carbocycles. The molecule has 0 N–H and O–H groups in total. The number of benzene rings is 1. The van der Waals surface area contributed by atoms with E-state index in [9.17, 15) is 27.6 Å². The van der Waals surface area contributed by atoms with Gasteiger partial charge in [0.2, 0.25) is 15.9 Å². The number of esters is 2. The number of sulfonamides is 1. The SMILES string of the molecule is COC(=O)c1ccccc1S(=O)(=O)N1CCC(C(=O)OCC(=O)N2CCCC2=O)CC1. The second-order valence-corrected chi connectivity index (χ2v) is 9.22. The largest absolute Gasteiger partial charge is 0.465 e. The molecule has 0 unspecified atom stereocenters. The number of rotatable bonds is 6. The first kappa shape index (κ1) is 22.9. The first-order chi connectivity index (χ1) is 14.8. The highest BCUT2D eigenvalue weighted by molar-refractivity contribution is 7.89. The Kier molecular flexibility index (Phi) is 7.06. The fourth-order valence-electron chi connectivity index (χ4n) is 3.68. The molecule has 31 heavy (non-hydrogen) atoms. The average Bonchev–Trinajstić information content (AvgIpc) is 3.22. The molecule has 2 aliphatic rings. The molecule has 2 amide bonds. The first-order valence-corrected chi connectivity index (χ1v) is 11.4. The van der Waals surface area contributed by atoms with Gasteiger partial charge in [-0.15, -0.1) is 0 Å². The number of carbonyl (C=O) groups is 4. The fraction of sp³-hybridized carbons (Fsp3) is 0.500. The summed E-state index contributed by atoms with van der Waals surface area (Å²) in [7, 11) is -2.78. The van der Waals surface area contributed by atoms with Gasteiger partial charge in [-0.25, -0.2) is 13.2 Å². The Labute approximate surface area is 180 Å². The molecule has 2 heterocycles. The zero-order chi connectivity index (χ0) is 22.6. The van der Waals surface area contributed by atoms with Crippen molar-refractivity contribution in [3.63, 3.8) is 0 Å². The molecule has 1 aromatic carbocycles. The predicted molar refractivity (Wildman–Crippen MR) is 106 cm³/mol. The van der Waals surface area contributed by atoms with Gasteiger partial charge in [-0.2, -0.15) is 4.31 Å². The minimum Gasteiger partial charge on any atom is -0.465 e. The van der Waals surface area contributed by atoms with E-state index in [-0.39, 0.29) is 42.3 Å². The van der Waals surface area contributed by atoms with Crippen molar-refractivity contribution in [2.45, 2.75) is 30.6 Å². The number of likely N-dealkylation sites (tertiary alicyclic amines) is 1. The number of nitrogens with zero attached hydrogens (tertiary/aromatic N) is 2. The molecule has 10 nitrogen and oxygen atoms in total. The molecule has 2 saturated heterocycles. The summed E-state index contributed by atoms with van der Waals surface area (Å²) in [5.41, 5.74) is -0.0542. The number of ether oxygens (including phenoxy) is 2. The normalized spacial score (nSPS) is 18.1. The van der Waals surface area contributed by atoms with E-state index >= 15 is 0 Å². The van der Waals surface area contributed by atoms with E-state index < -0.39 is 40.4 Å². The maximum atomic E-state index is 13.0. The standard InChI is InChI=1S/C20H24N2O8S/c1-29-20(26)15-5-2-3-6-16(15)31(27,28)21-11-8-14(9-12-21)19(25)30-13-18(24)22-10-4-7-17(22)23/h2-3,5-6,14H,4,7-13H2,1H3. The van der Waals surface area contributed by atoms with Gasteiger partial charge in [0.25, 0.3) is 5.91 Å². The molecule has 1 aromatic rings. The highest BCUT2D eigenvalue weighted by atomic mass is 32.2. The third-order valence-electron chi connectivity index (χ3n) is 5.41. The number of imide groups is 1. The lowest BCUT2D eigenvalue weighted by molar-refractivity contribution is -0.158. The lowest BCUT2D eigenvalue weighted by atomic mass is 9.98. The van der Waals surface area contributed by atoms with Crippen LogP contribution in [0.5, 0.6) is 0 Å². The maximum Gasteiger partial charge on any atom is 0.339 e. The third-order valence-corrected chi connectivity index (χ3v) is 7.37. The summed E-state index contributed by atoms with van der Waals surface area (Å²) in [6.45, 7) is -0.0412. The van der Waals surface area contributed by atoms with Gasteiger partial charge < -0.3 is 9.47 Å². The van der Waals surface area contributed by atoms with E-state index in [1.54, 1.807) is 6.07 Å². The summed E-state index contributed by atoms with van der Waals surface area (Å²) in [5.74, 6) is -2.71. The van der Waals surface area contributed by atoms with E-state index in [1.165, 1.54) is 29.6 Å². The summed E-state index contributed by atoms with van der Waals surface area (Å²) < 4.78 is 37.0. The average molecular weight is 452 g/mol. The molecular weight excluding hydrogens is 428 g/mol. The summed E-state index contributed by atoms with van der Waals surface area (Å²) in [6, 6.07) is 5.79. The number of hydrogen-bond donors (Lipinski definition) is 0. The van der Waals surface area contributed by atoms with Crippen LogP contribution < -0.4 is 0 Å². The molecule has 11 heteroatoms. The molecule has 2 aliphatic heterocycles. The maximum absolute atomic E-state index is 13.0. The van der Waals surface area contributed by atoms with Crippen LogP contribution in [0.2, 0.25) is 0 Å². The highest BCUT2D eigenvalue weighted by Gasteiger charge is 2.35. The van der Waals surface area contributed by atoms with Crippen molar-refractivity contribution in [2.24, 2.45) is 5.92 Å². The lowest BCUT2D eigenvalue weighted by Gasteiger charge is -2.30. The van der Waals surface area contributed by atoms with E-state index in [2.05, 4.69) is 4.74 Å². The van der Waals surface area contributed by atoms with Crippen molar-refractivity contribution < 1.29 is 37.1 Å². The van der Waals surface area contributed by atoms with Gasteiger partial charge in [0, 0.05) is 26.1 Å². The molecule has 0 aromatic heterocycles. The first-order valence-electron chi connectivity index (χ1n) is 9.93. The number of carbonyl (C=O) groups excluding carboxylic acids is 4. The Morgan fingerprint density at radius 2 is 1.77 bits per heavy atom. The Morgan fingerprint density at radius 3 is 2.39 bits per heavy atom. The summed E-state index contributed by atoms with van der Waals surface area (Å²) >= 11 is 0. The van der Waals surface area contributed by atoms with Gasteiger partial charge in [-0.05, 0) is 31.4 Å². The molecule has 0 spiro atoms. The van der Waals surface area contributed by atoms with Gasteiger partial charge in [0.15, 0.2) is 6.61 Å². The van der Waals surface area contributed by atoms with Crippen molar-refractivity contribution in [3.05, 3.63) is 29.8 Å². The van der Waals surface area contributed by atoms with Crippen LogP contribution >= 0.6 is 0 Å². The molecule has 0 saturated carbocycles. The molecule has 2 fully saturated rings. The van der Waals surface area contributed by atoms with Crippen LogP contribution in [0.4, 0.5) is 0 Å². The molecular formula is C20H24N2O8S. The smallest absolute Gasteiger partial charge is 0.339 e. The molecule has 0 atom stereocenters. The summed E-state index contributed by atoms with van der Waals surface area (Å²) in [4.78, 5) is 48.7. The van der Waals surface area contributed by atoms with Crippen LogP contribution in [0, 0.1) is 5.92 Å². The van der Waals surface area contributed by atoms with Gasteiger partial charge in [-0.3, -0.25) is 19.3 Å². The van der Waals surface area contributed by atoms with Gasteiger partial charge in [0.05, 0.1) is 23.5 Å². The number of amides is 2. The van der Waals surface area contributed by atoms with E-state index in [4.69, 9.17) is 4.74 Å². The topological polar surface area (TPSA) is 127 Å². The molecule has 0 radical (unpaired) electrons. The van der Waals surface area contributed by atoms with E-state index in [0.29, 0.717) is 19.4 Å². The van der Waals surface area contributed by atoms with Crippen LogP contribution in [0.15, 0.2) is 29.2 Å². The number of methoxy groups -OCH3 is 1. The Balaban J connectivity index is 1.58. The monoisotopic (exact) mass is 452 g/mol. The highest BCUT2D eigenvalue weighted by Crippen LogP contribution is 2.27. The summed E-state index contributed by atoms with van der Waals surface area (Å²) in [6.07, 6.45) is 1.35. The third kappa shape index (κ3) is 4.93. The fourth-order valence-corrected chi connectivity index (χ4v) is 5.33. The predicted octanol–water partition coefficient (Wildman–Crippen LogP) is 0.566. The van der Waals surface area contributed by atoms with Gasteiger partial charge >= 0.3 is 11.9 Å². The van der Waals surface area contributed by atoms with Crippen molar-refractivity contribution in [1.82, 2.24) is 9.21 Å². The van der Waals surface area contributed by atoms with Gasteiger partial charge in [0.1, 0.15) is 0 Å². The Hall–Kier alpha value is -2.79. The Morgan fingerprint density at radius 1 is 1.10 bits per heavy atom. The van der Waals surface area contributed by atoms with Crippen LogP contribution in [0.3, 0.4) is 0 Å². The van der Waals surface area contributed by atoms with Crippen molar-refractivity contribution in [2.75, 3.05) is 33.4 Å². The van der Waals surface area contributed by atoms with Crippen LogP contribution in [-0.2, 0) is 33.9 Å². The zero-order valence-electron chi connectivity index (χ0n) is 17.1. The number of piperidine rings is 1. The van der Waals surface area contributed by atoms with Crippen molar-refractivity contribution in [1.29, 1.82) is 0 Å². The van der Waals surface area contributed by atoms with E-state index in [1.807, 2.05) is 0 Å². The zero-order valence-corrected chi connectivity index (χ0v) is 17.9. The second kappa shape index (κ2) is 9.56. The molecule has 168 valence electrons. The van der Waals surface area contributed by atoms with Crippen molar-refractivity contribution >= 4 is 33.8 Å². The minimum absolute atomic E-state index is 0.0542. The van der Waals surface area contributed by atoms with Crippen LogP contribution in [0.25, 0.3) is 0 Å². The Bertz CT molecular complexity index is 983. The number of hydrogen-bond acceptors (Lipinski definition) is 8. The molecule has 0 bridgehead atoms. The van der Waals surface area contributed by atoms with Crippen molar-refractivity contribution in [3.8, 4) is 0 Å².